The molecule has 0 saturated carbocycles. The highest BCUT2D eigenvalue weighted by molar-refractivity contribution is 7.09. The Hall–Kier alpha value is -1.70. The molecular weight excluding hydrogens is 329 g/mol. The molecule has 0 bridgehead atoms. The minimum Gasteiger partial charge on any atom is -0.494 e. The van der Waals surface area contributed by atoms with Gasteiger partial charge in [0.05, 0.1) is 7.11 Å². The summed E-state index contributed by atoms with van der Waals surface area (Å²) in [5.74, 6) is -0.451. The van der Waals surface area contributed by atoms with Gasteiger partial charge < -0.3 is 15.8 Å². The van der Waals surface area contributed by atoms with E-state index in [9.17, 15) is 9.18 Å². The Labute approximate surface area is 138 Å². The van der Waals surface area contributed by atoms with E-state index in [-0.39, 0.29) is 24.1 Å². The zero-order chi connectivity index (χ0) is 15.2. The van der Waals surface area contributed by atoms with E-state index in [1.54, 1.807) is 17.5 Å². The molecule has 0 saturated heterocycles. The van der Waals surface area contributed by atoms with Crippen LogP contribution in [0.4, 0.5) is 4.39 Å². The molecule has 3 N–H and O–H groups in total. The molecule has 0 fully saturated rings. The Morgan fingerprint density at radius 3 is 2.86 bits per heavy atom. The molecular formula is C14H17ClFN3O2S. The minimum absolute atomic E-state index is 0. The number of nitrogens with two attached hydrogens (primary N) is 1. The van der Waals surface area contributed by atoms with Crippen LogP contribution >= 0.6 is 23.7 Å². The third-order valence-corrected chi connectivity index (χ3v) is 3.75. The van der Waals surface area contributed by atoms with E-state index in [1.165, 1.54) is 24.5 Å². The van der Waals surface area contributed by atoms with Gasteiger partial charge >= 0.3 is 0 Å². The second kappa shape index (κ2) is 8.67. The standard InChI is InChI=1S/C14H16FN3O2S.ClH/c1-20-12-3-2-9(6-10(12)15)4-5-17-14(19)11-8-21-13(7-16)18-11;/h2-3,6,8H,4-5,7,16H2,1H3,(H,17,19);1H. The monoisotopic (exact) mass is 345 g/mol. The first-order chi connectivity index (χ1) is 10.1. The lowest BCUT2D eigenvalue weighted by Crippen LogP contribution is -2.26. The Kier molecular flexibility index (Phi) is 7.23. The summed E-state index contributed by atoms with van der Waals surface area (Å²) in [6, 6.07) is 4.74. The lowest BCUT2D eigenvalue weighted by molar-refractivity contribution is 0.0949. The fraction of sp³-hybridized carbons (Fsp3) is 0.286. The fourth-order valence-electron chi connectivity index (χ4n) is 1.79. The number of hydrogen-bond donors (Lipinski definition) is 2. The van der Waals surface area contributed by atoms with Crippen molar-refractivity contribution < 1.29 is 13.9 Å². The van der Waals surface area contributed by atoms with E-state index in [4.69, 9.17) is 10.5 Å². The number of ether oxygens (including phenoxy) is 1. The summed E-state index contributed by atoms with van der Waals surface area (Å²) in [4.78, 5) is 15.9. The molecule has 8 heteroatoms. The van der Waals surface area contributed by atoms with E-state index >= 15 is 0 Å². The molecule has 0 unspecified atom stereocenters. The van der Waals surface area contributed by atoms with Crippen LogP contribution in [0.2, 0.25) is 0 Å². The van der Waals surface area contributed by atoms with Gasteiger partial charge in [-0.3, -0.25) is 4.79 Å². The van der Waals surface area contributed by atoms with Crippen molar-refractivity contribution in [2.24, 2.45) is 5.73 Å². The second-order valence-electron chi connectivity index (χ2n) is 4.31. The van der Waals surface area contributed by atoms with E-state index < -0.39 is 5.82 Å². The largest absolute Gasteiger partial charge is 0.494 e. The summed E-state index contributed by atoms with van der Waals surface area (Å²) >= 11 is 1.35. The van der Waals surface area contributed by atoms with Gasteiger partial charge in [-0.1, -0.05) is 6.07 Å². The Balaban J connectivity index is 0.00000242. The molecule has 1 aromatic heterocycles. The molecule has 0 aliphatic carbocycles. The summed E-state index contributed by atoms with van der Waals surface area (Å²) in [6.45, 7) is 0.725. The van der Waals surface area contributed by atoms with Crippen LogP contribution in [0.5, 0.6) is 5.75 Å². The van der Waals surface area contributed by atoms with Gasteiger partial charge in [0.1, 0.15) is 10.7 Å². The predicted molar refractivity (Wildman–Crippen MR) is 86.2 cm³/mol. The van der Waals surface area contributed by atoms with Gasteiger partial charge in [0.15, 0.2) is 11.6 Å². The van der Waals surface area contributed by atoms with E-state index in [0.717, 1.165) is 10.6 Å². The number of hydrogen-bond acceptors (Lipinski definition) is 5. The molecule has 1 amide bonds. The molecule has 120 valence electrons. The minimum atomic E-state index is -0.409. The Bertz CT molecular complexity index is 636. The van der Waals surface area contributed by atoms with Crippen LogP contribution in [-0.4, -0.2) is 24.5 Å². The first kappa shape index (κ1) is 18.3. The van der Waals surface area contributed by atoms with Crippen molar-refractivity contribution in [3.05, 3.63) is 45.7 Å². The van der Waals surface area contributed by atoms with Gasteiger partial charge in [0, 0.05) is 18.5 Å². The molecule has 0 aliphatic heterocycles. The molecule has 0 aliphatic rings. The Morgan fingerprint density at radius 2 is 2.27 bits per heavy atom. The van der Waals surface area contributed by atoms with Crippen LogP contribution < -0.4 is 15.8 Å². The summed E-state index contributed by atoms with van der Waals surface area (Å²) in [5, 5.41) is 5.13. The number of nitrogens with zero attached hydrogens (tertiary/aromatic N) is 1. The highest BCUT2D eigenvalue weighted by atomic mass is 35.5. The maximum atomic E-state index is 13.5. The third kappa shape index (κ3) is 4.66. The molecule has 0 atom stereocenters. The zero-order valence-electron chi connectivity index (χ0n) is 12.0. The van der Waals surface area contributed by atoms with Gasteiger partial charge in [-0.2, -0.15) is 0 Å². The van der Waals surface area contributed by atoms with Crippen molar-refractivity contribution in [2.45, 2.75) is 13.0 Å². The lowest BCUT2D eigenvalue weighted by Gasteiger charge is -2.06. The van der Waals surface area contributed by atoms with E-state index in [0.29, 0.717) is 25.2 Å². The Morgan fingerprint density at radius 1 is 1.50 bits per heavy atom. The maximum Gasteiger partial charge on any atom is 0.270 e. The van der Waals surface area contributed by atoms with Crippen LogP contribution in [0, 0.1) is 5.82 Å². The van der Waals surface area contributed by atoms with Crippen LogP contribution in [0.1, 0.15) is 21.1 Å². The average molecular weight is 346 g/mol. The highest BCUT2D eigenvalue weighted by Crippen LogP contribution is 2.17. The number of benzene rings is 1. The number of nitrogens with one attached hydrogen (secondary N) is 1. The summed E-state index contributed by atoms with van der Waals surface area (Å²) in [5.41, 5.74) is 6.60. The first-order valence-electron chi connectivity index (χ1n) is 6.39. The topological polar surface area (TPSA) is 77.2 Å². The van der Waals surface area contributed by atoms with Crippen molar-refractivity contribution in [3.63, 3.8) is 0 Å². The number of halogens is 2. The molecule has 2 rings (SSSR count). The highest BCUT2D eigenvalue weighted by Gasteiger charge is 2.10. The van der Waals surface area contributed by atoms with Gasteiger partial charge in [0.25, 0.3) is 5.91 Å². The summed E-state index contributed by atoms with van der Waals surface area (Å²) < 4.78 is 18.4. The fourth-order valence-corrected chi connectivity index (χ4v) is 2.44. The number of amides is 1. The number of rotatable bonds is 6. The van der Waals surface area contributed by atoms with Gasteiger partial charge in [0.2, 0.25) is 0 Å². The number of carbonyl (C=O) groups is 1. The van der Waals surface area contributed by atoms with Crippen LogP contribution in [0.25, 0.3) is 0 Å². The predicted octanol–water partition coefficient (Wildman–Crippen LogP) is 2.14. The number of thiazole rings is 1. The molecule has 1 heterocycles. The van der Waals surface area contributed by atoms with Crippen molar-refractivity contribution in [3.8, 4) is 5.75 Å². The number of aromatic nitrogens is 1. The van der Waals surface area contributed by atoms with E-state index in [2.05, 4.69) is 10.3 Å². The smallest absolute Gasteiger partial charge is 0.270 e. The third-order valence-electron chi connectivity index (χ3n) is 2.87. The molecule has 5 nitrogen and oxygen atoms in total. The van der Waals surface area contributed by atoms with E-state index in [1.807, 2.05) is 0 Å². The number of methoxy groups -OCH3 is 1. The molecule has 22 heavy (non-hydrogen) atoms. The zero-order valence-corrected chi connectivity index (χ0v) is 13.6. The van der Waals surface area contributed by atoms with Crippen molar-refractivity contribution in [1.82, 2.24) is 10.3 Å². The van der Waals surface area contributed by atoms with Crippen molar-refractivity contribution in [2.75, 3.05) is 13.7 Å². The molecule has 0 spiro atoms. The van der Waals surface area contributed by atoms with Gasteiger partial charge in [-0.25, -0.2) is 9.37 Å². The lowest BCUT2D eigenvalue weighted by atomic mass is 10.1. The van der Waals surface area contributed by atoms with Crippen molar-refractivity contribution in [1.29, 1.82) is 0 Å². The number of carbonyl (C=O) groups excluding carboxylic acids is 1. The molecule has 0 radical (unpaired) electrons. The normalized spacial score (nSPS) is 9.95. The second-order valence-corrected chi connectivity index (χ2v) is 5.25. The average Bonchev–Trinajstić information content (AvgIpc) is 2.96. The molecule has 2 aromatic rings. The van der Waals surface area contributed by atoms with Crippen LogP contribution in [0.3, 0.4) is 0 Å². The quantitative estimate of drug-likeness (QED) is 0.841. The maximum absolute atomic E-state index is 13.5. The summed E-state index contributed by atoms with van der Waals surface area (Å²) in [6.07, 6.45) is 0.528. The van der Waals surface area contributed by atoms with Gasteiger partial charge in [-0.05, 0) is 24.1 Å². The molecule has 1 aromatic carbocycles. The van der Waals surface area contributed by atoms with Crippen molar-refractivity contribution >= 4 is 29.7 Å². The van der Waals surface area contributed by atoms with Crippen LogP contribution in [-0.2, 0) is 13.0 Å². The summed E-state index contributed by atoms with van der Waals surface area (Å²) in [7, 11) is 1.42. The first-order valence-corrected chi connectivity index (χ1v) is 7.27. The SMILES string of the molecule is COc1ccc(CCNC(=O)c2csc(CN)n2)cc1F.Cl. The van der Waals surface area contributed by atoms with Crippen LogP contribution in [0.15, 0.2) is 23.6 Å². The van der Waals surface area contributed by atoms with Gasteiger partial charge in [-0.15, -0.1) is 23.7 Å².